The molecule has 0 aliphatic carbocycles. The van der Waals surface area contributed by atoms with Gasteiger partial charge in [-0.15, -0.1) is 0 Å². The number of esters is 2. The van der Waals surface area contributed by atoms with Crippen molar-refractivity contribution >= 4 is 17.8 Å². The van der Waals surface area contributed by atoms with Gasteiger partial charge < -0.3 is 14.4 Å². The number of benzene rings is 2. The second kappa shape index (κ2) is 8.80. The van der Waals surface area contributed by atoms with Crippen LogP contribution in [0.3, 0.4) is 0 Å². The van der Waals surface area contributed by atoms with Crippen molar-refractivity contribution in [2.24, 2.45) is 0 Å². The summed E-state index contributed by atoms with van der Waals surface area (Å²) in [6.07, 6.45) is 0. The Bertz CT molecular complexity index is 781. The lowest BCUT2D eigenvalue weighted by molar-refractivity contribution is -0.133. The number of amides is 1. The van der Waals surface area contributed by atoms with Crippen LogP contribution in [0.15, 0.2) is 48.5 Å². The molecule has 26 heavy (non-hydrogen) atoms. The van der Waals surface area contributed by atoms with Crippen LogP contribution in [0, 0.1) is 6.92 Å². The van der Waals surface area contributed by atoms with Crippen LogP contribution in [-0.2, 0) is 20.8 Å². The van der Waals surface area contributed by atoms with Crippen molar-refractivity contribution in [1.29, 1.82) is 0 Å². The first kappa shape index (κ1) is 19.2. The average Bonchev–Trinajstić information content (AvgIpc) is 2.67. The zero-order chi connectivity index (χ0) is 19.1. The average molecular weight is 355 g/mol. The highest BCUT2D eigenvalue weighted by Crippen LogP contribution is 2.09. The Morgan fingerprint density at radius 2 is 1.42 bits per heavy atom. The summed E-state index contributed by atoms with van der Waals surface area (Å²) < 4.78 is 9.64. The number of methoxy groups -OCH3 is 1. The molecule has 0 fully saturated rings. The maximum Gasteiger partial charge on any atom is 0.338 e. The molecule has 0 saturated carbocycles. The van der Waals surface area contributed by atoms with Crippen LogP contribution >= 0.6 is 0 Å². The van der Waals surface area contributed by atoms with Gasteiger partial charge in [-0.05, 0) is 36.8 Å². The van der Waals surface area contributed by atoms with Gasteiger partial charge in [-0.1, -0.05) is 29.8 Å². The van der Waals surface area contributed by atoms with Gasteiger partial charge in [0.05, 0.1) is 18.2 Å². The van der Waals surface area contributed by atoms with Gasteiger partial charge in [-0.3, -0.25) is 4.79 Å². The molecule has 0 aliphatic heterocycles. The van der Waals surface area contributed by atoms with Gasteiger partial charge in [0, 0.05) is 13.6 Å². The van der Waals surface area contributed by atoms with Crippen LogP contribution < -0.4 is 0 Å². The fourth-order valence-electron chi connectivity index (χ4n) is 2.24. The van der Waals surface area contributed by atoms with Crippen molar-refractivity contribution in [3.63, 3.8) is 0 Å². The van der Waals surface area contributed by atoms with Gasteiger partial charge in [-0.25, -0.2) is 9.59 Å². The molecule has 6 heteroatoms. The van der Waals surface area contributed by atoms with Crippen molar-refractivity contribution in [3.05, 3.63) is 70.8 Å². The third kappa shape index (κ3) is 5.17. The first-order chi connectivity index (χ1) is 12.4. The van der Waals surface area contributed by atoms with E-state index >= 15 is 0 Å². The number of ether oxygens (including phenoxy) is 2. The van der Waals surface area contributed by atoms with Crippen LogP contribution in [0.25, 0.3) is 0 Å². The minimum Gasteiger partial charge on any atom is -0.465 e. The predicted octanol–water partition coefficient (Wildman–Crippen LogP) is 2.60. The summed E-state index contributed by atoms with van der Waals surface area (Å²) in [5.74, 6) is -1.42. The Morgan fingerprint density at radius 1 is 0.885 bits per heavy atom. The highest BCUT2D eigenvalue weighted by Gasteiger charge is 2.14. The maximum atomic E-state index is 12.1. The molecule has 136 valence electrons. The molecule has 0 aliphatic rings. The number of carbonyl (C=O) groups excluding carboxylic acids is 3. The zero-order valence-corrected chi connectivity index (χ0v) is 15.0. The molecule has 0 heterocycles. The molecule has 0 spiro atoms. The summed E-state index contributed by atoms with van der Waals surface area (Å²) in [7, 11) is 2.93. The van der Waals surface area contributed by atoms with Gasteiger partial charge in [0.2, 0.25) is 0 Å². The number of rotatable bonds is 6. The Balaban J connectivity index is 1.86. The molecule has 0 unspecified atom stereocenters. The van der Waals surface area contributed by atoms with E-state index < -0.39 is 11.9 Å². The molecule has 0 N–H and O–H groups in total. The van der Waals surface area contributed by atoms with E-state index in [9.17, 15) is 14.4 Å². The smallest absolute Gasteiger partial charge is 0.338 e. The van der Waals surface area contributed by atoms with E-state index in [1.165, 1.54) is 36.3 Å². The van der Waals surface area contributed by atoms with E-state index in [2.05, 4.69) is 4.74 Å². The second-order valence-corrected chi connectivity index (χ2v) is 5.88. The molecule has 2 rings (SSSR count). The van der Waals surface area contributed by atoms with E-state index in [1.54, 1.807) is 7.05 Å². The molecule has 2 aromatic rings. The highest BCUT2D eigenvalue weighted by molar-refractivity contribution is 5.94. The molecule has 2 aromatic carbocycles. The summed E-state index contributed by atoms with van der Waals surface area (Å²) in [6, 6.07) is 13.7. The highest BCUT2D eigenvalue weighted by atomic mass is 16.5. The van der Waals surface area contributed by atoms with Gasteiger partial charge >= 0.3 is 11.9 Å². The Labute approximate surface area is 152 Å². The Kier molecular flexibility index (Phi) is 6.49. The molecule has 1 amide bonds. The monoisotopic (exact) mass is 355 g/mol. The second-order valence-electron chi connectivity index (χ2n) is 5.88. The van der Waals surface area contributed by atoms with Crippen molar-refractivity contribution in [1.82, 2.24) is 4.90 Å². The molecule has 0 bridgehead atoms. The van der Waals surface area contributed by atoms with Crippen molar-refractivity contribution < 1.29 is 23.9 Å². The summed E-state index contributed by atoms with van der Waals surface area (Å²) >= 11 is 0. The van der Waals surface area contributed by atoms with Gasteiger partial charge in [-0.2, -0.15) is 0 Å². The van der Waals surface area contributed by atoms with E-state index in [4.69, 9.17) is 4.74 Å². The normalized spacial score (nSPS) is 10.1. The van der Waals surface area contributed by atoms with Gasteiger partial charge in [0.1, 0.15) is 0 Å². The minimum absolute atomic E-state index is 0.256. The summed E-state index contributed by atoms with van der Waals surface area (Å²) in [6.45, 7) is 2.08. The first-order valence-electron chi connectivity index (χ1n) is 8.05. The summed E-state index contributed by atoms with van der Waals surface area (Å²) in [5.41, 5.74) is 2.73. The number of aryl methyl sites for hydroxylation is 1. The van der Waals surface area contributed by atoms with Gasteiger partial charge in [0.15, 0.2) is 6.61 Å². The van der Waals surface area contributed by atoms with E-state index in [-0.39, 0.29) is 18.1 Å². The van der Waals surface area contributed by atoms with E-state index in [0.717, 1.165) is 11.1 Å². The summed E-state index contributed by atoms with van der Waals surface area (Å²) in [4.78, 5) is 37.0. The van der Waals surface area contributed by atoms with Crippen LogP contribution in [0.5, 0.6) is 0 Å². The minimum atomic E-state index is -0.626. The molecular weight excluding hydrogens is 334 g/mol. The number of nitrogens with zero attached hydrogens (tertiary/aromatic N) is 1. The molecular formula is C20H21NO5. The fourth-order valence-corrected chi connectivity index (χ4v) is 2.24. The van der Waals surface area contributed by atoms with E-state index in [1.807, 2.05) is 31.2 Å². The predicted molar refractivity (Wildman–Crippen MR) is 95.7 cm³/mol. The number of hydrogen-bond acceptors (Lipinski definition) is 5. The Hall–Kier alpha value is -3.15. The molecule has 0 radical (unpaired) electrons. The molecule has 6 nitrogen and oxygen atoms in total. The lowest BCUT2D eigenvalue weighted by Crippen LogP contribution is -2.30. The molecule has 0 aromatic heterocycles. The Morgan fingerprint density at radius 3 is 1.96 bits per heavy atom. The lowest BCUT2D eigenvalue weighted by atomic mass is 10.1. The number of hydrogen-bond donors (Lipinski definition) is 0. The van der Waals surface area contributed by atoms with Crippen LogP contribution in [0.4, 0.5) is 0 Å². The van der Waals surface area contributed by atoms with Crippen molar-refractivity contribution in [2.45, 2.75) is 13.5 Å². The van der Waals surface area contributed by atoms with Crippen LogP contribution in [-0.4, -0.2) is 43.5 Å². The van der Waals surface area contributed by atoms with Crippen molar-refractivity contribution in [3.8, 4) is 0 Å². The molecule has 0 saturated heterocycles. The van der Waals surface area contributed by atoms with Crippen LogP contribution in [0.1, 0.15) is 31.8 Å². The standard InChI is InChI=1S/C20H21NO5/c1-14-4-6-15(7-5-14)12-21(2)18(22)13-26-20(24)17-10-8-16(9-11-17)19(23)25-3/h4-11H,12-13H2,1-3H3. The van der Waals surface area contributed by atoms with E-state index in [0.29, 0.717) is 12.1 Å². The topological polar surface area (TPSA) is 72.9 Å². The van der Waals surface area contributed by atoms with Gasteiger partial charge in [0.25, 0.3) is 5.91 Å². The fraction of sp³-hybridized carbons (Fsp3) is 0.250. The zero-order valence-electron chi connectivity index (χ0n) is 15.0. The quantitative estimate of drug-likeness (QED) is 0.745. The lowest BCUT2D eigenvalue weighted by Gasteiger charge is -2.17. The number of carbonyl (C=O) groups is 3. The van der Waals surface area contributed by atoms with Crippen LogP contribution in [0.2, 0.25) is 0 Å². The third-order valence-electron chi connectivity index (χ3n) is 3.83. The number of likely N-dealkylation sites (N-methyl/N-ethyl adjacent to an activating group) is 1. The maximum absolute atomic E-state index is 12.1. The third-order valence-corrected chi connectivity index (χ3v) is 3.83. The first-order valence-corrected chi connectivity index (χ1v) is 8.05. The summed E-state index contributed by atoms with van der Waals surface area (Å²) in [5, 5.41) is 0. The molecule has 0 atom stereocenters. The van der Waals surface area contributed by atoms with Crippen molar-refractivity contribution in [2.75, 3.05) is 20.8 Å². The SMILES string of the molecule is COC(=O)c1ccc(C(=O)OCC(=O)N(C)Cc2ccc(C)cc2)cc1. The largest absolute Gasteiger partial charge is 0.465 e.